The van der Waals surface area contributed by atoms with Gasteiger partial charge in [0.05, 0.1) is 11.4 Å². The van der Waals surface area contributed by atoms with Crippen LogP contribution in [0, 0.1) is 11.3 Å². The van der Waals surface area contributed by atoms with Crippen molar-refractivity contribution in [1.29, 1.82) is 5.26 Å². The van der Waals surface area contributed by atoms with E-state index in [0.29, 0.717) is 11.7 Å². The lowest BCUT2D eigenvalue weighted by atomic mass is 9.95. The fraction of sp³-hybridized carbons (Fsp3) is 0.0222. The number of nitriles is 1. The van der Waals surface area contributed by atoms with Gasteiger partial charge in [0.25, 0.3) is 6.23 Å². The molecule has 0 bridgehead atoms. The number of rotatable bonds is 6. The zero-order chi connectivity index (χ0) is 34.1. The highest BCUT2D eigenvalue weighted by atomic mass is 16.5. The van der Waals surface area contributed by atoms with E-state index < -0.39 is 6.23 Å². The highest BCUT2D eigenvalue weighted by Crippen LogP contribution is 2.33. The van der Waals surface area contributed by atoms with Crippen molar-refractivity contribution in [1.82, 2.24) is 15.4 Å². The number of aromatic nitrogens is 2. The Kier molecular flexibility index (Phi) is 7.49. The second-order valence-corrected chi connectivity index (χ2v) is 12.5. The molecule has 1 unspecified atom stereocenters. The van der Waals surface area contributed by atoms with Crippen LogP contribution >= 0.6 is 0 Å². The van der Waals surface area contributed by atoms with Crippen LogP contribution in [0.1, 0.15) is 5.56 Å². The molecular formula is C45H29N5O. The molecule has 0 spiro atoms. The van der Waals surface area contributed by atoms with E-state index in [1.165, 1.54) is 27.3 Å². The molecule has 240 valence electrons. The van der Waals surface area contributed by atoms with Crippen molar-refractivity contribution in [2.75, 3.05) is 0 Å². The van der Waals surface area contributed by atoms with Gasteiger partial charge in [0.15, 0.2) is 5.82 Å². The van der Waals surface area contributed by atoms with Gasteiger partial charge in [-0.3, -0.25) is 5.43 Å². The van der Waals surface area contributed by atoms with Crippen molar-refractivity contribution < 1.29 is 4.74 Å². The lowest BCUT2D eigenvalue weighted by Crippen LogP contribution is -2.18. The number of hydrogen-bond acceptors (Lipinski definition) is 6. The third-order valence-electron chi connectivity index (χ3n) is 9.23. The van der Waals surface area contributed by atoms with Crippen molar-refractivity contribution in [3.63, 3.8) is 0 Å². The van der Waals surface area contributed by atoms with Gasteiger partial charge < -0.3 is 4.74 Å². The van der Waals surface area contributed by atoms with Crippen molar-refractivity contribution in [3.8, 4) is 62.2 Å². The molecule has 6 nitrogen and oxygen atoms in total. The first kappa shape index (κ1) is 30.0. The van der Waals surface area contributed by atoms with Gasteiger partial charge in [-0.15, -0.1) is 5.10 Å². The van der Waals surface area contributed by atoms with E-state index in [2.05, 4.69) is 114 Å². The second kappa shape index (κ2) is 12.7. The minimum absolute atomic E-state index is 0.425. The fourth-order valence-electron chi connectivity index (χ4n) is 6.53. The van der Waals surface area contributed by atoms with Crippen LogP contribution in [0.25, 0.3) is 77.7 Å². The van der Waals surface area contributed by atoms with Crippen LogP contribution in [-0.4, -0.2) is 22.1 Å². The minimum atomic E-state index is -0.744. The van der Waals surface area contributed by atoms with Crippen molar-refractivity contribution in [2.45, 2.75) is 6.23 Å². The molecule has 0 saturated carbocycles. The summed E-state index contributed by atoms with van der Waals surface area (Å²) in [7, 11) is 0. The molecule has 0 amide bonds. The van der Waals surface area contributed by atoms with E-state index in [9.17, 15) is 0 Å². The van der Waals surface area contributed by atoms with Gasteiger partial charge in [-0.05, 0) is 86.3 Å². The molecule has 2 heterocycles. The highest BCUT2D eigenvalue weighted by molar-refractivity contribution is 5.96. The highest BCUT2D eigenvalue weighted by Gasteiger charge is 2.19. The molecule has 0 saturated heterocycles. The molecule has 1 atom stereocenters. The molecule has 6 heteroatoms. The largest absolute Gasteiger partial charge is 0.437 e. The normalized spacial score (nSPS) is 13.7. The molecule has 1 aliphatic rings. The fourth-order valence-corrected chi connectivity index (χ4v) is 6.53. The lowest BCUT2D eigenvalue weighted by molar-refractivity contribution is 0.246. The van der Waals surface area contributed by atoms with E-state index in [1.807, 2.05) is 66.7 Å². The summed E-state index contributed by atoms with van der Waals surface area (Å²) >= 11 is 0. The van der Waals surface area contributed by atoms with Crippen LogP contribution < -0.4 is 5.43 Å². The SMILES string of the molecule is N#CC1NN=C(c2ccc(-c3ccc4cc(-c5ccc6cc(-c7cc(-c8ccccc8)nc(-c8ccccc8)n7)ccc6c5)ccc4c3)cc2)O1. The molecule has 0 radical (unpaired) electrons. The Morgan fingerprint density at radius 2 is 0.902 bits per heavy atom. The Morgan fingerprint density at radius 1 is 0.451 bits per heavy atom. The summed E-state index contributed by atoms with van der Waals surface area (Å²) in [6.07, 6.45) is -0.744. The Morgan fingerprint density at radius 3 is 1.45 bits per heavy atom. The first-order valence-corrected chi connectivity index (χ1v) is 16.8. The predicted octanol–water partition coefficient (Wildman–Crippen LogP) is 10.2. The first-order chi connectivity index (χ1) is 25.2. The number of ether oxygens (including phenoxy) is 1. The molecule has 8 aromatic rings. The monoisotopic (exact) mass is 655 g/mol. The average Bonchev–Trinajstić information content (AvgIpc) is 3.70. The third kappa shape index (κ3) is 5.94. The Labute approximate surface area is 295 Å². The summed E-state index contributed by atoms with van der Waals surface area (Å²) in [6, 6.07) is 58.9. The maximum absolute atomic E-state index is 9.04. The van der Waals surface area contributed by atoms with Crippen LogP contribution in [0.5, 0.6) is 0 Å². The lowest BCUT2D eigenvalue weighted by Gasteiger charge is -2.11. The third-order valence-corrected chi connectivity index (χ3v) is 9.23. The number of fused-ring (bicyclic) bond motifs is 2. The number of nitrogens with one attached hydrogen (secondary N) is 1. The second-order valence-electron chi connectivity index (χ2n) is 12.5. The van der Waals surface area contributed by atoms with Gasteiger partial charge in [0, 0.05) is 22.3 Å². The van der Waals surface area contributed by atoms with Crippen molar-refractivity contribution >= 4 is 27.4 Å². The van der Waals surface area contributed by atoms with E-state index in [1.54, 1.807) is 0 Å². The van der Waals surface area contributed by atoms with Gasteiger partial charge in [0.1, 0.15) is 6.07 Å². The number of hydrogen-bond donors (Lipinski definition) is 1. The molecule has 1 N–H and O–H groups in total. The molecule has 7 aromatic carbocycles. The molecule has 51 heavy (non-hydrogen) atoms. The Hall–Kier alpha value is -7.10. The average molecular weight is 656 g/mol. The van der Waals surface area contributed by atoms with E-state index in [-0.39, 0.29) is 0 Å². The van der Waals surface area contributed by atoms with Crippen LogP contribution in [0.2, 0.25) is 0 Å². The summed E-state index contributed by atoms with van der Waals surface area (Å²) in [4.78, 5) is 9.96. The van der Waals surface area contributed by atoms with Gasteiger partial charge in [0.2, 0.25) is 5.90 Å². The molecule has 1 aromatic heterocycles. The first-order valence-electron chi connectivity index (χ1n) is 16.8. The summed E-state index contributed by atoms with van der Waals surface area (Å²) in [5.41, 5.74) is 12.9. The summed E-state index contributed by atoms with van der Waals surface area (Å²) in [5, 5.41) is 17.8. The number of hydrazone groups is 1. The van der Waals surface area contributed by atoms with Crippen LogP contribution in [-0.2, 0) is 4.74 Å². The van der Waals surface area contributed by atoms with Gasteiger partial charge in [-0.25, -0.2) is 9.97 Å². The maximum Gasteiger partial charge on any atom is 0.274 e. The zero-order valence-corrected chi connectivity index (χ0v) is 27.4. The number of nitrogens with zero attached hydrogens (tertiary/aromatic N) is 4. The van der Waals surface area contributed by atoms with Crippen LogP contribution in [0.3, 0.4) is 0 Å². The molecule has 0 fully saturated rings. The maximum atomic E-state index is 9.04. The molecule has 9 rings (SSSR count). The predicted molar refractivity (Wildman–Crippen MR) is 204 cm³/mol. The quantitative estimate of drug-likeness (QED) is 0.193. The van der Waals surface area contributed by atoms with Gasteiger partial charge in [-0.1, -0.05) is 121 Å². The van der Waals surface area contributed by atoms with Crippen molar-refractivity contribution in [2.24, 2.45) is 5.10 Å². The smallest absolute Gasteiger partial charge is 0.274 e. The van der Waals surface area contributed by atoms with E-state index in [4.69, 9.17) is 20.0 Å². The Balaban J connectivity index is 0.995. The molecule has 0 aliphatic carbocycles. The topological polar surface area (TPSA) is 83.2 Å². The minimum Gasteiger partial charge on any atom is -0.437 e. The van der Waals surface area contributed by atoms with E-state index in [0.717, 1.165) is 50.2 Å². The molecule has 1 aliphatic heterocycles. The summed E-state index contributed by atoms with van der Waals surface area (Å²) < 4.78 is 5.50. The van der Waals surface area contributed by atoms with Crippen LogP contribution in [0.4, 0.5) is 0 Å². The van der Waals surface area contributed by atoms with Crippen molar-refractivity contribution in [3.05, 3.63) is 169 Å². The molecular weight excluding hydrogens is 627 g/mol. The zero-order valence-electron chi connectivity index (χ0n) is 27.4. The van der Waals surface area contributed by atoms with E-state index >= 15 is 0 Å². The number of benzene rings is 7. The Bertz CT molecular complexity index is 2590. The summed E-state index contributed by atoms with van der Waals surface area (Å²) in [5.74, 6) is 1.13. The van der Waals surface area contributed by atoms with Gasteiger partial charge >= 0.3 is 0 Å². The van der Waals surface area contributed by atoms with Crippen LogP contribution in [0.15, 0.2) is 169 Å². The van der Waals surface area contributed by atoms with Gasteiger partial charge in [-0.2, -0.15) is 5.26 Å². The standard InChI is InChI=1S/C45H29N5O/c46-28-43-49-50-45(51-43)32-13-11-29(12-14-32)33-15-16-35-24-36(18-17-34(35)23-33)37-19-20-39-26-40(22-21-38(39)25-37)42-27-41(30-7-3-1-4-8-30)47-44(48-42)31-9-5-2-6-10-31/h1-27,43,49H. The summed E-state index contributed by atoms with van der Waals surface area (Å²) in [6.45, 7) is 0.